The molecular weight excluding hydrogens is 392 g/mol. The zero-order valence-electron chi connectivity index (χ0n) is 17.0. The molecule has 8 heteroatoms. The Bertz CT molecular complexity index is 832. The maximum Gasteiger partial charge on any atom is 0.241 e. The van der Waals surface area contributed by atoms with Crippen molar-refractivity contribution in [2.75, 3.05) is 13.7 Å². The Labute approximate surface area is 172 Å². The predicted molar refractivity (Wildman–Crippen MR) is 111 cm³/mol. The van der Waals surface area contributed by atoms with Crippen LogP contribution in [0.1, 0.15) is 57.3 Å². The normalized spacial score (nSPS) is 12.5. The number of furan rings is 1. The third-order valence-corrected chi connectivity index (χ3v) is 6.03. The molecule has 0 spiro atoms. The van der Waals surface area contributed by atoms with Crippen LogP contribution in [0.3, 0.4) is 0 Å². The van der Waals surface area contributed by atoms with Crippen molar-refractivity contribution in [3.05, 3.63) is 48.4 Å². The first-order valence-corrected chi connectivity index (χ1v) is 11.4. The van der Waals surface area contributed by atoms with Crippen LogP contribution in [0.4, 0.5) is 0 Å². The second-order valence-electron chi connectivity index (χ2n) is 6.83. The lowest BCUT2D eigenvalue weighted by atomic mass is 10.1. The van der Waals surface area contributed by atoms with Crippen LogP contribution in [0.25, 0.3) is 0 Å². The summed E-state index contributed by atoms with van der Waals surface area (Å²) >= 11 is 0. The third kappa shape index (κ3) is 7.55. The second-order valence-corrected chi connectivity index (χ2v) is 8.55. The van der Waals surface area contributed by atoms with Crippen molar-refractivity contribution in [1.29, 1.82) is 0 Å². The number of unbranched alkanes of at least 4 members (excludes halogenated alkanes) is 4. The summed E-state index contributed by atoms with van der Waals surface area (Å²) in [5.74, 6) is 0.726. The summed E-state index contributed by atoms with van der Waals surface area (Å²) < 4.78 is 38.5. The maximum atomic E-state index is 12.8. The number of carbonyl (C=O) groups excluding carboxylic acids is 1. The zero-order valence-corrected chi connectivity index (χ0v) is 17.8. The van der Waals surface area contributed by atoms with Crippen molar-refractivity contribution >= 4 is 15.9 Å². The first-order chi connectivity index (χ1) is 14.0. The summed E-state index contributed by atoms with van der Waals surface area (Å²) in [6.45, 7) is 2.74. The molecule has 0 bridgehead atoms. The average molecular weight is 423 g/mol. The molecular formula is C21H30N2O5S. The van der Waals surface area contributed by atoms with Crippen LogP contribution >= 0.6 is 0 Å². The van der Waals surface area contributed by atoms with Gasteiger partial charge in [0.05, 0.1) is 30.7 Å². The van der Waals surface area contributed by atoms with E-state index < -0.39 is 16.1 Å². The predicted octanol–water partition coefficient (Wildman–Crippen LogP) is 3.78. The largest absolute Gasteiger partial charge is 0.497 e. The van der Waals surface area contributed by atoms with E-state index in [-0.39, 0.29) is 17.2 Å². The van der Waals surface area contributed by atoms with Crippen molar-refractivity contribution in [2.45, 2.75) is 56.4 Å². The Morgan fingerprint density at radius 2 is 1.83 bits per heavy atom. The SMILES string of the molecule is CCCCCCCNC(=O)CC(NS(=O)(=O)c1ccc(OC)cc1)c1ccco1. The molecule has 1 aromatic carbocycles. The smallest absolute Gasteiger partial charge is 0.241 e. The molecule has 2 aromatic rings. The minimum atomic E-state index is -3.84. The molecule has 2 N–H and O–H groups in total. The monoisotopic (exact) mass is 422 g/mol. The molecule has 0 aliphatic carbocycles. The molecule has 2 rings (SSSR count). The Morgan fingerprint density at radius 3 is 2.45 bits per heavy atom. The molecule has 0 aliphatic heterocycles. The van der Waals surface area contributed by atoms with Crippen molar-refractivity contribution in [1.82, 2.24) is 10.0 Å². The van der Waals surface area contributed by atoms with E-state index in [2.05, 4.69) is 17.0 Å². The Balaban J connectivity index is 1.98. The number of methoxy groups -OCH3 is 1. The Morgan fingerprint density at radius 1 is 1.10 bits per heavy atom. The highest BCUT2D eigenvalue weighted by Crippen LogP contribution is 2.22. The van der Waals surface area contributed by atoms with E-state index in [1.807, 2.05) is 0 Å². The highest BCUT2D eigenvalue weighted by atomic mass is 32.2. The molecule has 1 atom stereocenters. The van der Waals surface area contributed by atoms with Gasteiger partial charge >= 0.3 is 0 Å². The summed E-state index contributed by atoms with van der Waals surface area (Å²) in [5, 5.41) is 2.86. The fourth-order valence-corrected chi connectivity index (χ4v) is 4.12. The van der Waals surface area contributed by atoms with Gasteiger partial charge in [0.2, 0.25) is 15.9 Å². The third-order valence-electron chi connectivity index (χ3n) is 4.55. The van der Waals surface area contributed by atoms with E-state index in [0.29, 0.717) is 18.1 Å². The van der Waals surface area contributed by atoms with Gasteiger partial charge in [-0.1, -0.05) is 32.6 Å². The van der Waals surface area contributed by atoms with Crippen LogP contribution in [0.5, 0.6) is 5.75 Å². The summed E-state index contributed by atoms with van der Waals surface area (Å²) in [6.07, 6.45) is 6.91. The molecule has 1 amide bonds. The number of sulfonamides is 1. The van der Waals surface area contributed by atoms with E-state index in [0.717, 1.165) is 19.3 Å². The summed E-state index contributed by atoms with van der Waals surface area (Å²) in [5.41, 5.74) is 0. The van der Waals surface area contributed by atoms with Gasteiger partial charge in [-0.2, -0.15) is 4.72 Å². The highest BCUT2D eigenvalue weighted by Gasteiger charge is 2.25. The van der Waals surface area contributed by atoms with Gasteiger partial charge < -0.3 is 14.5 Å². The highest BCUT2D eigenvalue weighted by molar-refractivity contribution is 7.89. The molecule has 7 nitrogen and oxygen atoms in total. The lowest BCUT2D eigenvalue weighted by molar-refractivity contribution is -0.121. The molecule has 1 unspecified atom stereocenters. The van der Waals surface area contributed by atoms with Gasteiger partial charge in [-0.25, -0.2) is 8.42 Å². The van der Waals surface area contributed by atoms with Gasteiger partial charge in [0, 0.05) is 6.54 Å². The number of benzene rings is 1. The Hall–Kier alpha value is -2.32. The summed E-state index contributed by atoms with van der Waals surface area (Å²) in [7, 11) is -2.33. The fourth-order valence-electron chi connectivity index (χ4n) is 2.91. The van der Waals surface area contributed by atoms with Crippen molar-refractivity contribution < 1.29 is 22.4 Å². The van der Waals surface area contributed by atoms with Gasteiger partial charge in [0.1, 0.15) is 11.5 Å². The molecule has 0 saturated carbocycles. The molecule has 0 saturated heterocycles. The van der Waals surface area contributed by atoms with Gasteiger partial charge in [-0.15, -0.1) is 0 Å². The number of rotatable bonds is 13. The number of ether oxygens (including phenoxy) is 1. The van der Waals surface area contributed by atoms with Gasteiger partial charge in [-0.05, 0) is 42.8 Å². The lowest BCUT2D eigenvalue weighted by Crippen LogP contribution is -2.34. The number of amides is 1. The summed E-state index contributed by atoms with van der Waals surface area (Å²) in [6, 6.07) is 8.57. The molecule has 0 radical (unpaired) electrons. The van der Waals surface area contributed by atoms with E-state index >= 15 is 0 Å². The Kier molecular flexibility index (Phi) is 9.21. The molecule has 1 heterocycles. The fraction of sp³-hybridized carbons (Fsp3) is 0.476. The zero-order chi connectivity index (χ0) is 21.1. The number of hydrogen-bond donors (Lipinski definition) is 2. The standard InChI is InChI=1S/C21H30N2O5S/c1-3-4-5-6-7-14-22-21(24)16-19(20-9-8-15-28-20)23-29(25,26)18-12-10-17(27-2)11-13-18/h8-13,15,19,23H,3-7,14,16H2,1-2H3,(H,22,24). The van der Waals surface area contributed by atoms with Gasteiger partial charge in [0.25, 0.3) is 0 Å². The summed E-state index contributed by atoms with van der Waals surface area (Å²) in [4.78, 5) is 12.4. The first kappa shape index (κ1) is 23.0. The number of hydrogen-bond acceptors (Lipinski definition) is 5. The van der Waals surface area contributed by atoms with Gasteiger partial charge in [-0.3, -0.25) is 4.79 Å². The molecule has 160 valence electrons. The van der Waals surface area contributed by atoms with Gasteiger partial charge in [0.15, 0.2) is 0 Å². The van der Waals surface area contributed by atoms with Crippen LogP contribution in [0.2, 0.25) is 0 Å². The van der Waals surface area contributed by atoms with E-state index in [9.17, 15) is 13.2 Å². The second kappa shape index (κ2) is 11.6. The molecule has 0 aliphatic rings. The van der Waals surface area contributed by atoms with Crippen LogP contribution in [-0.4, -0.2) is 28.0 Å². The van der Waals surface area contributed by atoms with Crippen LogP contribution < -0.4 is 14.8 Å². The molecule has 29 heavy (non-hydrogen) atoms. The number of carbonyl (C=O) groups is 1. The topological polar surface area (TPSA) is 97.6 Å². The minimum Gasteiger partial charge on any atom is -0.497 e. The molecule has 0 fully saturated rings. The van der Waals surface area contributed by atoms with Crippen LogP contribution in [0, 0.1) is 0 Å². The van der Waals surface area contributed by atoms with Crippen LogP contribution in [0.15, 0.2) is 52.0 Å². The van der Waals surface area contributed by atoms with E-state index in [1.165, 1.54) is 38.3 Å². The average Bonchev–Trinajstić information content (AvgIpc) is 3.25. The lowest BCUT2D eigenvalue weighted by Gasteiger charge is -2.17. The quantitative estimate of drug-likeness (QED) is 0.479. The van der Waals surface area contributed by atoms with Crippen molar-refractivity contribution in [3.63, 3.8) is 0 Å². The van der Waals surface area contributed by atoms with E-state index in [4.69, 9.17) is 9.15 Å². The van der Waals surface area contributed by atoms with Crippen molar-refractivity contribution in [2.24, 2.45) is 0 Å². The first-order valence-electron chi connectivity index (χ1n) is 9.92. The molecule has 1 aromatic heterocycles. The number of nitrogens with one attached hydrogen (secondary N) is 2. The minimum absolute atomic E-state index is 0.0438. The van der Waals surface area contributed by atoms with Crippen LogP contribution in [-0.2, 0) is 14.8 Å². The maximum absolute atomic E-state index is 12.8. The van der Waals surface area contributed by atoms with E-state index in [1.54, 1.807) is 24.3 Å². The van der Waals surface area contributed by atoms with Crippen molar-refractivity contribution in [3.8, 4) is 5.75 Å².